The van der Waals surface area contributed by atoms with Crippen LogP contribution in [0.15, 0.2) is 12.4 Å². The lowest BCUT2D eigenvalue weighted by atomic mass is 10.2. The van der Waals surface area contributed by atoms with Crippen LogP contribution in [-0.2, 0) is 4.74 Å². The third-order valence-electron chi connectivity index (χ3n) is 3.57. The molecular formula is C13H20N4O. The zero-order valence-electron chi connectivity index (χ0n) is 10.8. The average molecular weight is 248 g/mol. The maximum atomic E-state index is 5.60. The number of hydrogen-bond donors (Lipinski definition) is 1. The van der Waals surface area contributed by atoms with Gasteiger partial charge in [0.2, 0.25) is 0 Å². The van der Waals surface area contributed by atoms with E-state index in [4.69, 9.17) is 4.74 Å². The summed E-state index contributed by atoms with van der Waals surface area (Å²) in [6.07, 6.45) is 6.15. The van der Waals surface area contributed by atoms with Crippen LogP contribution in [-0.4, -0.2) is 48.4 Å². The summed E-state index contributed by atoms with van der Waals surface area (Å²) < 4.78 is 5.60. The zero-order valence-corrected chi connectivity index (χ0v) is 10.8. The van der Waals surface area contributed by atoms with Crippen LogP contribution in [0.4, 0.5) is 5.82 Å². The second-order valence-electron chi connectivity index (χ2n) is 5.07. The Morgan fingerprint density at radius 3 is 3.00 bits per heavy atom. The molecule has 1 aliphatic carbocycles. The molecule has 2 aliphatic rings. The minimum absolute atomic E-state index is 0.370. The predicted molar refractivity (Wildman–Crippen MR) is 69.7 cm³/mol. The maximum absolute atomic E-state index is 5.60. The van der Waals surface area contributed by atoms with Gasteiger partial charge in [-0.2, -0.15) is 0 Å². The Hall–Kier alpha value is -1.20. The molecule has 1 saturated carbocycles. The lowest BCUT2D eigenvalue weighted by Gasteiger charge is -2.37. The van der Waals surface area contributed by atoms with Gasteiger partial charge >= 0.3 is 0 Å². The molecule has 1 unspecified atom stereocenters. The van der Waals surface area contributed by atoms with Crippen LogP contribution < -0.4 is 10.2 Å². The quantitative estimate of drug-likeness (QED) is 0.852. The first-order valence-corrected chi connectivity index (χ1v) is 6.70. The Morgan fingerprint density at radius 1 is 1.39 bits per heavy atom. The van der Waals surface area contributed by atoms with Crippen LogP contribution in [0.2, 0.25) is 0 Å². The van der Waals surface area contributed by atoms with Gasteiger partial charge in [0.05, 0.1) is 24.9 Å². The lowest BCUT2D eigenvalue weighted by molar-refractivity contribution is 0.0931. The van der Waals surface area contributed by atoms with Crippen molar-refractivity contribution in [3.05, 3.63) is 18.1 Å². The van der Waals surface area contributed by atoms with Gasteiger partial charge in [0.25, 0.3) is 0 Å². The fraction of sp³-hybridized carbons (Fsp3) is 0.692. The normalized spacial score (nSPS) is 24.3. The molecule has 2 fully saturated rings. The number of aryl methyl sites for hydroxylation is 1. The molecule has 0 spiro atoms. The molecule has 3 rings (SSSR count). The van der Waals surface area contributed by atoms with Crippen LogP contribution in [0.25, 0.3) is 0 Å². The van der Waals surface area contributed by atoms with Crippen LogP contribution >= 0.6 is 0 Å². The van der Waals surface area contributed by atoms with E-state index in [1.54, 1.807) is 12.4 Å². The first-order chi connectivity index (χ1) is 8.84. The van der Waals surface area contributed by atoms with E-state index in [2.05, 4.69) is 20.2 Å². The number of nitrogens with zero attached hydrogens (tertiary/aromatic N) is 3. The highest BCUT2D eigenvalue weighted by Gasteiger charge is 2.28. The second-order valence-corrected chi connectivity index (χ2v) is 5.07. The molecule has 2 heterocycles. The van der Waals surface area contributed by atoms with Crippen molar-refractivity contribution in [2.45, 2.75) is 31.8 Å². The summed E-state index contributed by atoms with van der Waals surface area (Å²) in [6, 6.07) is 1.10. The summed E-state index contributed by atoms with van der Waals surface area (Å²) in [5.74, 6) is 1.00. The number of morpholine rings is 1. The number of nitrogens with one attached hydrogen (secondary N) is 1. The van der Waals surface area contributed by atoms with Gasteiger partial charge in [-0.15, -0.1) is 0 Å². The molecule has 1 atom stereocenters. The fourth-order valence-electron chi connectivity index (χ4n) is 2.38. The van der Waals surface area contributed by atoms with Crippen molar-refractivity contribution in [2.75, 3.05) is 31.2 Å². The van der Waals surface area contributed by atoms with Crippen molar-refractivity contribution in [1.82, 2.24) is 15.3 Å². The molecule has 5 nitrogen and oxygen atoms in total. The van der Waals surface area contributed by atoms with E-state index in [-0.39, 0.29) is 0 Å². The van der Waals surface area contributed by atoms with Gasteiger partial charge in [0, 0.05) is 31.5 Å². The van der Waals surface area contributed by atoms with Gasteiger partial charge in [0.15, 0.2) is 0 Å². The van der Waals surface area contributed by atoms with Gasteiger partial charge in [-0.05, 0) is 19.8 Å². The molecule has 0 bridgehead atoms. The van der Waals surface area contributed by atoms with Gasteiger partial charge < -0.3 is 15.0 Å². The van der Waals surface area contributed by atoms with E-state index in [1.807, 2.05) is 6.92 Å². The van der Waals surface area contributed by atoms with E-state index in [0.29, 0.717) is 6.04 Å². The van der Waals surface area contributed by atoms with Gasteiger partial charge in [-0.1, -0.05) is 0 Å². The minimum Gasteiger partial charge on any atom is -0.377 e. The number of hydrogen-bond acceptors (Lipinski definition) is 5. The van der Waals surface area contributed by atoms with Crippen molar-refractivity contribution in [1.29, 1.82) is 0 Å². The summed E-state index contributed by atoms with van der Waals surface area (Å²) in [6.45, 7) is 5.44. The van der Waals surface area contributed by atoms with Crippen LogP contribution in [0, 0.1) is 6.92 Å². The van der Waals surface area contributed by atoms with Crippen molar-refractivity contribution in [3.8, 4) is 0 Å². The average Bonchev–Trinajstić information content (AvgIpc) is 3.22. The molecule has 1 saturated heterocycles. The Labute approximate surface area is 108 Å². The zero-order chi connectivity index (χ0) is 12.4. The largest absolute Gasteiger partial charge is 0.377 e. The maximum Gasteiger partial charge on any atom is 0.150 e. The number of ether oxygens (including phenoxy) is 1. The van der Waals surface area contributed by atoms with Crippen molar-refractivity contribution in [2.24, 2.45) is 0 Å². The smallest absolute Gasteiger partial charge is 0.150 e. The van der Waals surface area contributed by atoms with Crippen LogP contribution in [0.3, 0.4) is 0 Å². The Balaban J connectivity index is 1.71. The van der Waals surface area contributed by atoms with Crippen molar-refractivity contribution in [3.63, 3.8) is 0 Å². The SMILES string of the molecule is Cc1nccnc1N1CCOCC1CNC1CC1. The van der Waals surface area contributed by atoms with Crippen LogP contribution in [0.1, 0.15) is 18.5 Å². The summed E-state index contributed by atoms with van der Waals surface area (Å²) in [4.78, 5) is 11.1. The van der Waals surface area contributed by atoms with Gasteiger partial charge in [-0.3, -0.25) is 4.98 Å². The molecule has 0 aromatic carbocycles. The summed E-state index contributed by atoms with van der Waals surface area (Å²) >= 11 is 0. The van der Waals surface area contributed by atoms with E-state index in [9.17, 15) is 0 Å². The van der Waals surface area contributed by atoms with Crippen molar-refractivity contribution >= 4 is 5.82 Å². The van der Waals surface area contributed by atoms with Gasteiger partial charge in [0.1, 0.15) is 5.82 Å². The number of aromatic nitrogens is 2. The Morgan fingerprint density at radius 2 is 2.22 bits per heavy atom. The third kappa shape index (κ3) is 2.62. The molecule has 0 radical (unpaired) electrons. The molecule has 98 valence electrons. The molecule has 1 aliphatic heterocycles. The number of anilines is 1. The van der Waals surface area contributed by atoms with E-state index in [0.717, 1.165) is 43.9 Å². The summed E-state index contributed by atoms with van der Waals surface area (Å²) in [5, 5.41) is 3.58. The molecule has 18 heavy (non-hydrogen) atoms. The highest BCUT2D eigenvalue weighted by Crippen LogP contribution is 2.22. The minimum atomic E-state index is 0.370. The molecule has 1 aromatic rings. The highest BCUT2D eigenvalue weighted by molar-refractivity contribution is 5.44. The lowest BCUT2D eigenvalue weighted by Crippen LogP contribution is -2.51. The van der Waals surface area contributed by atoms with E-state index < -0.39 is 0 Å². The highest BCUT2D eigenvalue weighted by atomic mass is 16.5. The Bertz CT molecular complexity index is 408. The fourth-order valence-corrected chi connectivity index (χ4v) is 2.38. The third-order valence-corrected chi connectivity index (χ3v) is 3.57. The van der Waals surface area contributed by atoms with Crippen LogP contribution in [0.5, 0.6) is 0 Å². The second kappa shape index (κ2) is 5.20. The molecule has 1 aromatic heterocycles. The number of rotatable bonds is 4. The predicted octanol–water partition coefficient (Wildman–Crippen LogP) is 0.742. The monoisotopic (exact) mass is 248 g/mol. The first kappa shape index (κ1) is 11.9. The summed E-state index contributed by atoms with van der Waals surface area (Å²) in [7, 11) is 0. The molecule has 1 N–H and O–H groups in total. The molecule has 0 amide bonds. The molecule has 5 heteroatoms. The topological polar surface area (TPSA) is 50.3 Å². The van der Waals surface area contributed by atoms with E-state index >= 15 is 0 Å². The molecular weight excluding hydrogens is 228 g/mol. The van der Waals surface area contributed by atoms with E-state index in [1.165, 1.54) is 12.8 Å². The standard InChI is InChI=1S/C13H20N4O/c1-10-13(15-5-4-14-10)17-6-7-18-9-12(17)8-16-11-2-3-11/h4-5,11-12,16H,2-3,6-9H2,1H3. The van der Waals surface area contributed by atoms with Crippen molar-refractivity contribution < 1.29 is 4.74 Å². The van der Waals surface area contributed by atoms with Gasteiger partial charge in [-0.25, -0.2) is 4.98 Å². The first-order valence-electron chi connectivity index (χ1n) is 6.70. The summed E-state index contributed by atoms with van der Waals surface area (Å²) in [5.41, 5.74) is 0.996. The Kier molecular flexibility index (Phi) is 3.43.